The van der Waals surface area contributed by atoms with Crippen molar-refractivity contribution < 1.29 is 5.11 Å². The molecular formula is C18H22ClNO. The second-order valence-electron chi connectivity index (χ2n) is 5.68. The van der Waals surface area contributed by atoms with Crippen molar-refractivity contribution in [2.45, 2.75) is 39.3 Å². The van der Waals surface area contributed by atoms with Gasteiger partial charge in [-0.3, -0.25) is 0 Å². The highest BCUT2D eigenvalue weighted by Gasteiger charge is 2.13. The number of phenols is 1. The van der Waals surface area contributed by atoms with Crippen LogP contribution in [0.2, 0.25) is 5.02 Å². The third-order valence-corrected chi connectivity index (χ3v) is 3.89. The minimum atomic E-state index is 0.104. The van der Waals surface area contributed by atoms with E-state index in [1.807, 2.05) is 31.2 Å². The molecule has 0 aliphatic carbocycles. The minimum absolute atomic E-state index is 0.104. The zero-order valence-corrected chi connectivity index (χ0v) is 13.5. The molecule has 0 bridgehead atoms. The SMILES string of the molecule is Cc1ccc(O)c(C(C)NC(C)Cc2ccc(Cl)cc2)c1. The Morgan fingerprint density at radius 3 is 2.43 bits per heavy atom. The first-order chi connectivity index (χ1) is 9.95. The Balaban J connectivity index is 2.00. The first kappa shape index (κ1) is 15.9. The molecule has 2 aromatic rings. The zero-order valence-electron chi connectivity index (χ0n) is 12.7. The molecule has 0 heterocycles. The van der Waals surface area contributed by atoms with Crippen LogP contribution in [0.5, 0.6) is 5.75 Å². The normalized spacial score (nSPS) is 13.9. The smallest absolute Gasteiger partial charge is 0.120 e. The van der Waals surface area contributed by atoms with Gasteiger partial charge in [0.25, 0.3) is 0 Å². The maximum atomic E-state index is 9.98. The van der Waals surface area contributed by atoms with Gasteiger partial charge in [-0.2, -0.15) is 0 Å². The van der Waals surface area contributed by atoms with Crippen molar-refractivity contribution in [1.29, 1.82) is 0 Å². The van der Waals surface area contributed by atoms with Crippen LogP contribution in [0.15, 0.2) is 42.5 Å². The van der Waals surface area contributed by atoms with Crippen molar-refractivity contribution in [2.24, 2.45) is 0 Å². The van der Waals surface area contributed by atoms with Crippen LogP contribution in [-0.2, 0) is 6.42 Å². The Morgan fingerprint density at radius 2 is 1.76 bits per heavy atom. The van der Waals surface area contributed by atoms with E-state index in [-0.39, 0.29) is 6.04 Å². The molecule has 2 aromatic carbocycles. The van der Waals surface area contributed by atoms with Crippen LogP contribution >= 0.6 is 11.6 Å². The molecular weight excluding hydrogens is 282 g/mol. The predicted molar refractivity (Wildman–Crippen MR) is 89.0 cm³/mol. The molecule has 0 amide bonds. The van der Waals surface area contributed by atoms with E-state index in [2.05, 4.69) is 31.3 Å². The van der Waals surface area contributed by atoms with E-state index in [1.54, 1.807) is 6.07 Å². The lowest BCUT2D eigenvalue weighted by molar-refractivity contribution is 0.433. The average molecular weight is 304 g/mol. The summed E-state index contributed by atoms with van der Waals surface area (Å²) in [5, 5.41) is 14.3. The summed E-state index contributed by atoms with van der Waals surface area (Å²) in [6.07, 6.45) is 0.925. The van der Waals surface area contributed by atoms with E-state index in [1.165, 1.54) is 5.56 Å². The molecule has 2 nitrogen and oxygen atoms in total. The van der Waals surface area contributed by atoms with Crippen LogP contribution in [0, 0.1) is 6.92 Å². The fourth-order valence-electron chi connectivity index (χ4n) is 2.57. The average Bonchev–Trinajstić information content (AvgIpc) is 2.44. The van der Waals surface area contributed by atoms with Gasteiger partial charge in [0, 0.05) is 22.7 Å². The molecule has 0 saturated carbocycles. The number of hydrogen-bond donors (Lipinski definition) is 2. The molecule has 2 N–H and O–H groups in total. The first-order valence-electron chi connectivity index (χ1n) is 7.25. The Hall–Kier alpha value is -1.51. The molecule has 0 aromatic heterocycles. The van der Waals surface area contributed by atoms with Crippen LogP contribution in [-0.4, -0.2) is 11.1 Å². The molecule has 2 atom stereocenters. The monoisotopic (exact) mass is 303 g/mol. The Bertz CT molecular complexity index is 595. The molecule has 3 heteroatoms. The fraction of sp³-hybridized carbons (Fsp3) is 0.333. The summed E-state index contributed by atoms with van der Waals surface area (Å²) < 4.78 is 0. The summed E-state index contributed by atoms with van der Waals surface area (Å²) in [6, 6.07) is 14.1. The molecule has 112 valence electrons. The number of halogens is 1. The molecule has 2 rings (SSSR count). The third-order valence-electron chi connectivity index (χ3n) is 3.64. The van der Waals surface area contributed by atoms with Gasteiger partial charge in [-0.1, -0.05) is 41.4 Å². The molecule has 0 fully saturated rings. The maximum absolute atomic E-state index is 9.98. The van der Waals surface area contributed by atoms with E-state index in [4.69, 9.17) is 11.6 Å². The highest BCUT2D eigenvalue weighted by atomic mass is 35.5. The van der Waals surface area contributed by atoms with Gasteiger partial charge in [0.15, 0.2) is 0 Å². The Kier molecular flexibility index (Phi) is 5.27. The maximum Gasteiger partial charge on any atom is 0.120 e. The van der Waals surface area contributed by atoms with Gasteiger partial charge in [0.2, 0.25) is 0 Å². The molecule has 0 spiro atoms. The standard InChI is InChI=1S/C18H22ClNO/c1-12-4-9-18(21)17(10-12)14(3)20-13(2)11-15-5-7-16(19)8-6-15/h4-10,13-14,20-21H,11H2,1-3H3. The van der Waals surface area contributed by atoms with Crippen LogP contribution < -0.4 is 5.32 Å². The topological polar surface area (TPSA) is 32.3 Å². The van der Waals surface area contributed by atoms with E-state index in [0.717, 1.165) is 22.6 Å². The van der Waals surface area contributed by atoms with E-state index < -0.39 is 0 Å². The van der Waals surface area contributed by atoms with Crippen molar-refractivity contribution in [3.05, 3.63) is 64.2 Å². The highest BCUT2D eigenvalue weighted by molar-refractivity contribution is 6.30. The van der Waals surface area contributed by atoms with Gasteiger partial charge in [0.05, 0.1) is 0 Å². The second-order valence-corrected chi connectivity index (χ2v) is 6.12. The summed E-state index contributed by atoms with van der Waals surface area (Å²) in [5.74, 6) is 0.347. The van der Waals surface area contributed by atoms with Crippen LogP contribution in [0.1, 0.15) is 36.6 Å². The number of aryl methyl sites for hydroxylation is 1. The largest absolute Gasteiger partial charge is 0.508 e. The molecule has 0 aliphatic heterocycles. The van der Waals surface area contributed by atoms with Gasteiger partial charge in [-0.25, -0.2) is 0 Å². The quantitative estimate of drug-likeness (QED) is 0.843. The minimum Gasteiger partial charge on any atom is -0.508 e. The second kappa shape index (κ2) is 6.97. The van der Waals surface area contributed by atoms with E-state index >= 15 is 0 Å². The van der Waals surface area contributed by atoms with Crippen LogP contribution in [0.25, 0.3) is 0 Å². The first-order valence-corrected chi connectivity index (χ1v) is 7.63. The Morgan fingerprint density at radius 1 is 1.10 bits per heavy atom. The van der Waals surface area contributed by atoms with Crippen molar-refractivity contribution in [3.63, 3.8) is 0 Å². The van der Waals surface area contributed by atoms with Crippen molar-refractivity contribution in [1.82, 2.24) is 5.32 Å². The van der Waals surface area contributed by atoms with Gasteiger partial charge >= 0.3 is 0 Å². The molecule has 21 heavy (non-hydrogen) atoms. The number of benzene rings is 2. The lowest BCUT2D eigenvalue weighted by Gasteiger charge is -2.21. The molecule has 0 radical (unpaired) electrons. The van der Waals surface area contributed by atoms with Gasteiger partial charge in [-0.05, 0) is 51.0 Å². The van der Waals surface area contributed by atoms with Crippen molar-refractivity contribution in [3.8, 4) is 5.75 Å². The van der Waals surface area contributed by atoms with Crippen molar-refractivity contribution in [2.75, 3.05) is 0 Å². The summed E-state index contributed by atoms with van der Waals surface area (Å²) in [6.45, 7) is 6.26. The highest BCUT2D eigenvalue weighted by Crippen LogP contribution is 2.25. The van der Waals surface area contributed by atoms with Gasteiger partial charge < -0.3 is 10.4 Å². The van der Waals surface area contributed by atoms with E-state index in [9.17, 15) is 5.11 Å². The number of aromatic hydroxyl groups is 1. The zero-order chi connectivity index (χ0) is 15.4. The fourth-order valence-corrected chi connectivity index (χ4v) is 2.70. The lowest BCUT2D eigenvalue weighted by Crippen LogP contribution is -2.30. The molecule has 0 saturated heterocycles. The van der Waals surface area contributed by atoms with E-state index in [0.29, 0.717) is 11.8 Å². The summed E-state index contributed by atoms with van der Waals surface area (Å²) >= 11 is 5.90. The predicted octanol–water partition coefficient (Wildman–Crippen LogP) is 4.64. The van der Waals surface area contributed by atoms with Crippen LogP contribution in [0.4, 0.5) is 0 Å². The van der Waals surface area contributed by atoms with Gasteiger partial charge in [-0.15, -0.1) is 0 Å². The van der Waals surface area contributed by atoms with Gasteiger partial charge in [0.1, 0.15) is 5.75 Å². The number of rotatable bonds is 5. The summed E-state index contributed by atoms with van der Waals surface area (Å²) in [7, 11) is 0. The number of phenolic OH excluding ortho intramolecular Hbond substituents is 1. The van der Waals surface area contributed by atoms with Crippen LogP contribution in [0.3, 0.4) is 0 Å². The summed E-state index contributed by atoms with van der Waals surface area (Å²) in [5.41, 5.74) is 3.35. The molecule has 0 aliphatic rings. The number of nitrogens with one attached hydrogen (secondary N) is 1. The Labute approximate surface area is 131 Å². The third kappa shape index (κ3) is 4.48. The van der Waals surface area contributed by atoms with Crippen molar-refractivity contribution >= 4 is 11.6 Å². The lowest BCUT2D eigenvalue weighted by atomic mass is 10.0. The summed E-state index contributed by atoms with van der Waals surface area (Å²) in [4.78, 5) is 0. The number of hydrogen-bond acceptors (Lipinski definition) is 2. The molecule has 2 unspecified atom stereocenters.